The topological polar surface area (TPSA) is 133 Å². The summed E-state index contributed by atoms with van der Waals surface area (Å²) >= 11 is 7.10. The van der Waals surface area contributed by atoms with Gasteiger partial charge in [0.25, 0.3) is 0 Å². The maximum atomic E-state index is 14.4. The van der Waals surface area contributed by atoms with Gasteiger partial charge in [-0.2, -0.15) is 18.2 Å². The number of Topliss-reactive ketones (excluding diaryl/α,β-unsaturated/α-hetero) is 1. The number of carboxylic acid groups (broad SMARTS) is 1. The Morgan fingerprint density at radius 1 is 0.944 bits per heavy atom. The Hall–Kier alpha value is -4.75. The zero-order chi connectivity index (χ0) is 38.2. The number of methoxy groups -OCH3 is 2. The summed E-state index contributed by atoms with van der Waals surface area (Å²) in [6.45, 7) is 1.28. The van der Waals surface area contributed by atoms with Crippen LogP contribution in [0.15, 0.2) is 48.5 Å². The predicted octanol–water partition coefficient (Wildman–Crippen LogP) is 8.22. The Bertz CT molecular complexity index is 2090. The van der Waals surface area contributed by atoms with Gasteiger partial charge >= 0.3 is 12.1 Å². The Balaban J connectivity index is 1.13. The van der Waals surface area contributed by atoms with Crippen molar-refractivity contribution in [2.24, 2.45) is 11.3 Å². The number of fused-ring (bicyclic) bond motifs is 1. The molecule has 2 N–H and O–H groups in total. The van der Waals surface area contributed by atoms with Gasteiger partial charge in [-0.3, -0.25) is 9.59 Å². The summed E-state index contributed by atoms with van der Waals surface area (Å²) < 4.78 is 60.2. The summed E-state index contributed by atoms with van der Waals surface area (Å²) in [5.41, 5.74) is 3.05. The van der Waals surface area contributed by atoms with Crippen LogP contribution in [0.1, 0.15) is 79.1 Å². The molecule has 284 valence electrons. The zero-order valence-corrected chi connectivity index (χ0v) is 30.6. The molecule has 0 spiro atoms. The number of aryl methyl sites for hydroxylation is 1. The van der Waals surface area contributed by atoms with E-state index in [1.165, 1.54) is 7.11 Å². The van der Waals surface area contributed by atoms with Crippen LogP contribution in [0.3, 0.4) is 0 Å². The molecule has 14 heteroatoms. The van der Waals surface area contributed by atoms with E-state index in [2.05, 4.69) is 15.3 Å². The number of rotatable bonds is 14. The number of hydrogen-bond donors (Lipinski definition) is 2. The third kappa shape index (κ3) is 7.61. The maximum absolute atomic E-state index is 14.4. The molecule has 0 radical (unpaired) electrons. The third-order valence-corrected chi connectivity index (χ3v) is 11.2. The van der Waals surface area contributed by atoms with Crippen LogP contribution < -0.4 is 19.5 Å². The minimum atomic E-state index is -4.88. The lowest BCUT2D eigenvalue weighted by molar-refractivity contribution is -0.144. The maximum Gasteiger partial charge on any atom is 0.438 e. The van der Waals surface area contributed by atoms with Gasteiger partial charge in [-0.05, 0) is 80.2 Å². The predicted molar refractivity (Wildman–Crippen MR) is 194 cm³/mol. The van der Waals surface area contributed by atoms with Gasteiger partial charge in [0.1, 0.15) is 17.6 Å². The molecule has 0 saturated heterocycles. The van der Waals surface area contributed by atoms with E-state index in [1.54, 1.807) is 7.11 Å². The number of alkyl halides is 3. The number of carbonyl (C=O) groups excluding carboxylic acids is 1. The van der Waals surface area contributed by atoms with Gasteiger partial charge < -0.3 is 24.6 Å². The number of carbonyl (C=O) groups is 2. The van der Waals surface area contributed by atoms with Crippen molar-refractivity contribution in [2.75, 3.05) is 20.8 Å². The minimum Gasteiger partial charge on any atom is -0.481 e. The molecule has 7 rings (SSSR count). The van der Waals surface area contributed by atoms with E-state index >= 15 is 0 Å². The fourth-order valence-electron chi connectivity index (χ4n) is 7.58. The Kier molecular flexibility index (Phi) is 10.6. The number of pyridine rings is 1. The number of aromatic nitrogens is 3. The molecular weight excluding hydrogens is 725 g/mol. The average Bonchev–Trinajstić information content (AvgIpc) is 3.68. The fourth-order valence-corrected chi connectivity index (χ4v) is 7.91. The van der Waals surface area contributed by atoms with Crippen LogP contribution in [0, 0.1) is 11.3 Å². The molecule has 3 aliphatic rings. The number of ketones is 1. The first kappa shape index (κ1) is 37.6. The number of benzene rings is 2. The number of nitrogens with one attached hydrogen (secondary N) is 1. The van der Waals surface area contributed by atoms with Crippen LogP contribution in [0.5, 0.6) is 17.6 Å². The van der Waals surface area contributed by atoms with Gasteiger partial charge in [0, 0.05) is 36.1 Å². The highest BCUT2D eigenvalue weighted by Crippen LogP contribution is 2.50. The number of aliphatic carboxylic acids is 1. The van der Waals surface area contributed by atoms with E-state index in [0.717, 1.165) is 35.2 Å². The molecule has 2 aromatic carbocycles. The number of nitrogens with zero attached hydrogens (tertiary/aromatic N) is 3. The Morgan fingerprint density at radius 2 is 1.69 bits per heavy atom. The van der Waals surface area contributed by atoms with Gasteiger partial charge in [0.15, 0.2) is 0 Å². The van der Waals surface area contributed by atoms with Crippen LogP contribution >= 0.6 is 11.6 Å². The van der Waals surface area contributed by atoms with Crippen LogP contribution in [-0.4, -0.2) is 52.6 Å². The summed E-state index contributed by atoms with van der Waals surface area (Å²) in [5, 5.41) is 13.4. The highest BCUT2D eigenvalue weighted by molar-refractivity contribution is 6.36. The molecule has 10 nitrogen and oxygen atoms in total. The summed E-state index contributed by atoms with van der Waals surface area (Å²) in [7, 11) is 2.85. The summed E-state index contributed by atoms with van der Waals surface area (Å²) in [4.78, 5) is 36.1. The van der Waals surface area contributed by atoms with E-state index in [1.807, 2.05) is 48.5 Å². The summed E-state index contributed by atoms with van der Waals surface area (Å²) in [6.07, 6.45) is -1.54. The van der Waals surface area contributed by atoms with Crippen molar-refractivity contribution in [2.45, 2.75) is 76.6 Å². The van der Waals surface area contributed by atoms with Crippen LogP contribution in [0.25, 0.3) is 22.4 Å². The summed E-state index contributed by atoms with van der Waals surface area (Å²) in [5.74, 6) is -0.679. The van der Waals surface area contributed by atoms with E-state index in [0.29, 0.717) is 84.5 Å². The molecule has 0 unspecified atom stereocenters. The normalized spacial score (nSPS) is 18.7. The number of ether oxygens (including phenoxy) is 3. The van der Waals surface area contributed by atoms with Crippen molar-refractivity contribution < 1.29 is 42.1 Å². The van der Waals surface area contributed by atoms with E-state index in [4.69, 9.17) is 30.8 Å². The standard InChI is InChI=1S/C40H40ClF3N4O6/c1-52-35-23(21-45-20-22-9-11-24(49)19-22)10-13-30(47-35)29-8-4-7-28(33(29)41)25-5-3-6-27-26(25)12-14-32(27)54-37-34(40(42,43)44)46-31(36(48-37)53-2)15-16-39(17-18-39)38(50)51/h3-8,10,13,22,32,45H,9,11-12,14-21H2,1-2H3,(H,50,51)/t22-,32+/m1/s1. The molecular formula is C40H40ClF3N4O6. The molecule has 0 amide bonds. The van der Waals surface area contributed by atoms with Crippen LogP contribution in [0.2, 0.25) is 5.02 Å². The Labute approximate surface area is 315 Å². The lowest BCUT2D eigenvalue weighted by Crippen LogP contribution is -2.21. The number of carboxylic acids is 1. The average molecular weight is 765 g/mol. The minimum absolute atomic E-state index is 0.0324. The van der Waals surface area contributed by atoms with Crippen LogP contribution in [0.4, 0.5) is 13.2 Å². The van der Waals surface area contributed by atoms with Crippen molar-refractivity contribution in [1.29, 1.82) is 0 Å². The quantitative estimate of drug-likeness (QED) is 0.129. The first-order valence-corrected chi connectivity index (χ1v) is 18.4. The van der Waals surface area contributed by atoms with Crippen molar-refractivity contribution in [3.8, 4) is 40.0 Å². The molecule has 2 atom stereocenters. The van der Waals surface area contributed by atoms with Gasteiger partial charge in [-0.25, -0.2) is 9.97 Å². The smallest absolute Gasteiger partial charge is 0.438 e. The second-order valence-electron chi connectivity index (χ2n) is 14.2. The fraction of sp³-hybridized carbons (Fsp3) is 0.425. The largest absolute Gasteiger partial charge is 0.481 e. The summed E-state index contributed by atoms with van der Waals surface area (Å²) in [6, 6.07) is 15.0. The highest BCUT2D eigenvalue weighted by atomic mass is 35.5. The number of halogens is 4. The molecule has 0 aliphatic heterocycles. The molecule has 54 heavy (non-hydrogen) atoms. The van der Waals surface area contributed by atoms with Crippen LogP contribution in [-0.2, 0) is 35.2 Å². The van der Waals surface area contributed by atoms with Gasteiger partial charge in [-0.1, -0.05) is 54.1 Å². The molecule has 2 saturated carbocycles. The SMILES string of the molecule is COc1nc(-c2cccc(-c3cccc4c3CC[C@@H]4Oc3nc(OC)c(CCC4(C(=O)O)CC4)nc3C(F)(F)F)c2Cl)ccc1CNC[C@@H]1CCC(=O)C1. The molecule has 2 heterocycles. The second kappa shape index (κ2) is 15.2. The first-order valence-electron chi connectivity index (χ1n) is 18.0. The van der Waals surface area contributed by atoms with Gasteiger partial charge in [-0.15, -0.1) is 0 Å². The van der Waals surface area contributed by atoms with E-state index in [9.17, 15) is 27.9 Å². The molecule has 4 aromatic rings. The highest BCUT2D eigenvalue weighted by Gasteiger charge is 2.50. The number of hydrogen-bond acceptors (Lipinski definition) is 9. The molecule has 2 fully saturated rings. The zero-order valence-electron chi connectivity index (χ0n) is 29.9. The van der Waals surface area contributed by atoms with Crippen molar-refractivity contribution in [1.82, 2.24) is 20.3 Å². The van der Waals surface area contributed by atoms with Crippen molar-refractivity contribution in [3.05, 3.63) is 81.6 Å². The molecule has 2 aromatic heterocycles. The van der Waals surface area contributed by atoms with Gasteiger partial charge in [0.2, 0.25) is 23.3 Å². The van der Waals surface area contributed by atoms with E-state index < -0.39 is 35.2 Å². The lowest BCUT2D eigenvalue weighted by atomic mass is 9.94. The van der Waals surface area contributed by atoms with Gasteiger partial charge in [0.05, 0.1) is 30.4 Å². The van der Waals surface area contributed by atoms with Crippen molar-refractivity contribution in [3.63, 3.8) is 0 Å². The first-order chi connectivity index (χ1) is 25.9. The Morgan fingerprint density at radius 3 is 2.37 bits per heavy atom. The van der Waals surface area contributed by atoms with Crippen molar-refractivity contribution >= 4 is 23.4 Å². The monoisotopic (exact) mass is 764 g/mol. The van der Waals surface area contributed by atoms with E-state index in [-0.39, 0.29) is 24.4 Å². The molecule has 0 bridgehead atoms. The third-order valence-electron chi connectivity index (χ3n) is 10.8. The molecule has 3 aliphatic carbocycles. The lowest BCUT2D eigenvalue weighted by Gasteiger charge is -2.20. The second-order valence-corrected chi connectivity index (χ2v) is 14.6.